The van der Waals surface area contributed by atoms with E-state index >= 15 is 0 Å². The van der Waals surface area contributed by atoms with Crippen LogP contribution in [0.3, 0.4) is 0 Å². The van der Waals surface area contributed by atoms with Gasteiger partial charge in [-0.2, -0.15) is 5.26 Å². The minimum absolute atomic E-state index is 0.443. The van der Waals surface area contributed by atoms with Crippen molar-refractivity contribution in [2.45, 2.75) is 6.61 Å². The summed E-state index contributed by atoms with van der Waals surface area (Å²) in [7, 11) is 0. The lowest BCUT2D eigenvalue weighted by atomic mass is 10.2. The molecule has 3 nitrogen and oxygen atoms in total. The van der Waals surface area contributed by atoms with Gasteiger partial charge >= 0.3 is 0 Å². The van der Waals surface area contributed by atoms with Crippen LogP contribution >= 0.6 is 0 Å². The van der Waals surface area contributed by atoms with Gasteiger partial charge in [-0.15, -0.1) is 0 Å². The van der Waals surface area contributed by atoms with E-state index in [-0.39, 0.29) is 0 Å². The summed E-state index contributed by atoms with van der Waals surface area (Å²) in [6.45, 7) is 0.492. The third kappa shape index (κ3) is 2.76. The topological polar surface area (TPSA) is 59.0 Å². The molecule has 0 spiro atoms. The van der Waals surface area contributed by atoms with Crippen LogP contribution in [0.5, 0.6) is 5.75 Å². The van der Waals surface area contributed by atoms with Crippen molar-refractivity contribution < 1.29 is 4.74 Å². The second-order valence-electron chi connectivity index (χ2n) is 3.64. The number of hydrogen-bond acceptors (Lipinski definition) is 3. The summed E-state index contributed by atoms with van der Waals surface area (Å²) in [5.74, 6) is 0.672. The molecule has 3 heteroatoms. The van der Waals surface area contributed by atoms with Gasteiger partial charge in [-0.1, -0.05) is 30.3 Å². The average Bonchev–Trinajstić information content (AvgIpc) is 2.38. The number of nitrogens with zero attached hydrogens (tertiary/aromatic N) is 1. The zero-order valence-corrected chi connectivity index (χ0v) is 9.26. The van der Waals surface area contributed by atoms with E-state index in [2.05, 4.69) is 0 Å². The number of anilines is 1. The minimum atomic E-state index is 0.443. The molecule has 0 aromatic heterocycles. The van der Waals surface area contributed by atoms with Crippen molar-refractivity contribution in [2.24, 2.45) is 0 Å². The summed E-state index contributed by atoms with van der Waals surface area (Å²) in [4.78, 5) is 0. The van der Waals surface area contributed by atoms with Crippen molar-refractivity contribution in [3.63, 3.8) is 0 Å². The highest BCUT2D eigenvalue weighted by molar-refractivity contribution is 5.57. The van der Waals surface area contributed by atoms with Gasteiger partial charge in [0, 0.05) is 6.07 Å². The first kappa shape index (κ1) is 11.0. The first-order chi connectivity index (χ1) is 8.29. The van der Waals surface area contributed by atoms with E-state index in [0.717, 1.165) is 5.56 Å². The number of hydrogen-bond donors (Lipinski definition) is 1. The highest BCUT2D eigenvalue weighted by atomic mass is 16.5. The molecule has 17 heavy (non-hydrogen) atoms. The predicted octanol–water partition coefficient (Wildman–Crippen LogP) is 2.72. The first-order valence-corrected chi connectivity index (χ1v) is 5.26. The monoisotopic (exact) mass is 224 g/mol. The van der Waals surface area contributed by atoms with Crippen LogP contribution in [0.1, 0.15) is 11.1 Å². The fourth-order valence-corrected chi connectivity index (χ4v) is 1.47. The lowest BCUT2D eigenvalue weighted by Gasteiger charge is -2.07. The van der Waals surface area contributed by atoms with E-state index < -0.39 is 0 Å². The molecule has 0 unspecified atom stereocenters. The SMILES string of the molecule is N#Cc1ccc(OCc2ccccc2)cc1N. The van der Waals surface area contributed by atoms with Crippen LogP contribution in [0.25, 0.3) is 0 Å². The van der Waals surface area contributed by atoms with Crippen molar-refractivity contribution in [3.8, 4) is 11.8 Å². The van der Waals surface area contributed by atoms with Gasteiger partial charge in [-0.3, -0.25) is 0 Å². The highest BCUT2D eigenvalue weighted by Crippen LogP contribution is 2.20. The Morgan fingerprint density at radius 3 is 2.53 bits per heavy atom. The molecule has 2 aromatic carbocycles. The van der Waals surface area contributed by atoms with E-state index in [1.165, 1.54) is 0 Å². The number of ether oxygens (including phenoxy) is 1. The Hall–Kier alpha value is -2.47. The highest BCUT2D eigenvalue weighted by Gasteiger charge is 2.01. The van der Waals surface area contributed by atoms with E-state index in [1.807, 2.05) is 36.4 Å². The Labute approximate surface area is 100 Å². The molecule has 0 atom stereocenters. The van der Waals surface area contributed by atoms with Gasteiger partial charge in [-0.05, 0) is 17.7 Å². The van der Waals surface area contributed by atoms with Crippen molar-refractivity contribution in [1.82, 2.24) is 0 Å². The van der Waals surface area contributed by atoms with Crippen LogP contribution in [-0.4, -0.2) is 0 Å². The third-order valence-corrected chi connectivity index (χ3v) is 2.39. The van der Waals surface area contributed by atoms with Gasteiger partial charge in [0.25, 0.3) is 0 Å². The smallest absolute Gasteiger partial charge is 0.121 e. The van der Waals surface area contributed by atoms with Crippen LogP contribution in [-0.2, 0) is 6.61 Å². The Morgan fingerprint density at radius 2 is 1.88 bits per heavy atom. The largest absolute Gasteiger partial charge is 0.489 e. The fraction of sp³-hybridized carbons (Fsp3) is 0.0714. The zero-order valence-electron chi connectivity index (χ0n) is 9.26. The summed E-state index contributed by atoms with van der Waals surface area (Å²) < 4.78 is 5.58. The number of nitriles is 1. The molecule has 0 saturated heterocycles. The third-order valence-electron chi connectivity index (χ3n) is 2.39. The number of benzene rings is 2. The Balaban J connectivity index is 2.06. The standard InChI is InChI=1S/C14H12N2O/c15-9-12-6-7-13(8-14(12)16)17-10-11-4-2-1-3-5-11/h1-8H,10,16H2. The molecule has 84 valence electrons. The quantitative estimate of drug-likeness (QED) is 0.815. The summed E-state index contributed by atoms with van der Waals surface area (Å²) in [5, 5.41) is 8.75. The molecular weight excluding hydrogens is 212 g/mol. The van der Waals surface area contributed by atoms with Gasteiger partial charge in [0.2, 0.25) is 0 Å². The van der Waals surface area contributed by atoms with Crippen LogP contribution in [0.4, 0.5) is 5.69 Å². The van der Waals surface area contributed by atoms with E-state index in [4.69, 9.17) is 15.7 Å². The molecule has 0 saturated carbocycles. The fourth-order valence-electron chi connectivity index (χ4n) is 1.47. The molecule has 2 aromatic rings. The van der Waals surface area contributed by atoms with Crippen molar-refractivity contribution >= 4 is 5.69 Å². The minimum Gasteiger partial charge on any atom is -0.489 e. The second-order valence-corrected chi connectivity index (χ2v) is 3.64. The molecule has 0 heterocycles. The number of rotatable bonds is 3. The molecule has 0 aliphatic rings. The molecule has 0 bridgehead atoms. The molecule has 0 fully saturated rings. The van der Waals surface area contributed by atoms with Crippen molar-refractivity contribution in [2.75, 3.05) is 5.73 Å². The number of nitrogen functional groups attached to an aromatic ring is 1. The lowest BCUT2D eigenvalue weighted by Crippen LogP contribution is -1.97. The average molecular weight is 224 g/mol. The molecule has 0 amide bonds. The second kappa shape index (κ2) is 5.04. The Morgan fingerprint density at radius 1 is 1.12 bits per heavy atom. The van der Waals surface area contributed by atoms with Crippen molar-refractivity contribution in [1.29, 1.82) is 5.26 Å². The van der Waals surface area contributed by atoms with Gasteiger partial charge in [-0.25, -0.2) is 0 Å². The maximum Gasteiger partial charge on any atom is 0.121 e. The van der Waals surface area contributed by atoms with Gasteiger partial charge in [0.1, 0.15) is 18.4 Å². The van der Waals surface area contributed by atoms with E-state index in [0.29, 0.717) is 23.6 Å². The van der Waals surface area contributed by atoms with E-state index in [1.54, 1.807) is 18.2 Å². The molecule has 2 N–H and O–H groups in total. The van der Waals surface area contributed by atoms with Crippen LogP contribution < -0.4 is 10.5 Å². The van der Waals surface area contributed by atoms with E-state index in [9.17, 15) is 0 Å². The maximum absolute atomic E-state index is 8.75. The maximum atomic E-state index is 8.75. The van der Waals surface area contributed by atoms with Crippen LogP contribution in [0.15, 0.2) is 48.5 Å². The molecule has 0 aliphatic heterocycles. The van der Waals surface area contributed by atoms with Gasteiger partial charge in [0.05, 0.1) is 11.3 Å². The van der Waals surface area contributed by atoms with Gasteiger partial charge in [0.15, 0.2) is 0 Å². The zero-order chi connectivity index (χ0) is 12.1. The normalized spacial score (nSPS) is 9.59. The molecule has 0 radical (unpaired) electrons. The summed E-state index contributed by atoms with van der Waals surface area (Å²) in [6, 6.07) is 17.0. The summed E-state index contributed by atoms with van der Waals surface area (Å²) >= 11 is 0. The van der Waals surface area contributed by atoms with Crippen molar-refractivity contribution in [3.05, 3.63) is 59.7 Å². The van der Waals surface area contributed by atoms with Gasteiger partial charge < -0.3 is 10.5 Å². The number of nitrogens with two attached hydrogens (primary N) is 1. The lowest BCUT2D eigenvalue weighted by molar-refractivity contribution is 0.306. The molecule has 0 aliphatic carbocycles. The Kier molecular flexibility index (Phi) is 3.27. The first-order valence-electron chi connectivity index (χ1n) is 5.26. The van der Waals surface area contributed by atoms with Crippen LogP contribution in [0.2, 0.25) is 0 Å². The predicted molar refractivity (Wildman–Crippen MR) is 66.3 cm³/mol. The van der Waals surface area contributed by atoms with Crippen LogP contribution in [0, 0.1) is 11.3 Å². The summed E-state index contributed by atoms with van der Waals surface area (Å²) in [6.07, 6.45) is 0. The Bertz CT molecular complexity index is 544. The molecule has 2 rings (SSSR count). The summed E-state index contributed by atoms with van der Waals surface area (Å²) in [5.41, 5.74) is 7.70. The molecular formula is C14H12N2O.